The summed E-state index contributed by atoms with van der Waals surface area (Å²) in [6, 6.07) is 38.0. The molecule has 4 aromatic carbocycles. The first-order valence-corrected chi connectivity index (χ1v) is 18.8. The summed E-state index contributed by atoms with van der Waals surface area (Å²) in [5.41, 5.74) is 11.4. The van der Waals surface area contributed by atoms with Gasteiger partial charge in [-0.15, -0.1) is 0 Å². The van der Waals surface area contributed by atoms with Gasteiger partial charge in [0.25, 0.3) is 0 Å². The second-order valence-corrected chi connectivity index (χ2v) is 15.0. The van der Waals surface area contributed by atoms with E-state index in [0.717, 1.165) is 48.7 Å². The van der Waals surface area contributed by atoms with Crippen LogP contribution in [0.5, 0.6) is 11.5 Å². The summed E-state index contributed by atoms with van der Waals surface area (Å²) in [5, 5.41) is 0. The molecule has 0 bridgehead atoms. The predicted octanol–water partition coefficient (Wildman–Crippen LogP) is 11.6. The van der Waals surface area contributed by atoms with Crippen LogP contribution in [0.1, 0.15) is 59.8 Å². The van der Waals surface area contributed by atoms with Gasteiger partial charge in [0.05, 0.1) is 11.5 Å². The molecule has 0 saturated carbocycles. The Morgan fingerprint density at radius 2 is 1.35 bits per heavy atom. The smallest absolute Gasteiger partial charge is 0.132 e. The van der Waals surface area contributed by atoms with Crippen molar-refractivity contribution < 1.29 is 9.47 Å². The highest BCUT2D eigenvalue weighted by atomic mass is 16.5. The minimum atomic E-state index is -0.498. The minimum absolute atomic E-state index is 0.230. The lowest BCUT2D eigenvalue weighted by Crippen LogP contribution is -2.41. The van der Waals surface area contributed by atoms with Crippen LogP contribution in [0.3, 0.4) is 0 Å². The predicted molar refractivity (Wildman–Crippen MR) is 208 cm³/mol. The Labute approximate surface area is 305 Å². The third kappa shape index (κ3) is 4.32. The van der Waals surface area contributed by atoms with Gasteiger partial charge in [0, 0.05) is 40.3 Å². The molecule has 3 aliphatic heterocycles. The van der Waals surface area contributed by atoms with Gasteiger partial charge in [0.15, 0.2) is 0 Å². The van der Waals surface area contributed by atoms with Crippen molar-refractivity contribution >= 4 is 5.69 Å². The van der Waals surface area contributed by atoms with E-state index in [1.165, 1.54) is 50.4 Å². The van der Waals surface area contributed by atoms with Crippen molar-refractivity contribution in [1.29, 1.82) is 0 Å². The van der Waals surface area contributed by atoms with E-state index in [4.69, 9.17) is 9.47 Å². The summed E-state index contributed by atoms with van der Waals surface area (Å²) in [5.74, 6) is 4.69. The van der Waals surface area contributed by atoms with Crippen LogP contribution in [-0.2, 0) is 10.2 Å². The van der Waals surface area contributed by atoms with Crippen LogP contribution < -0.4 is 9.64 Å². The molecule has 3 heterocycles. The highest BCUT2D eigenvalue weighted by Crippen LogP contribution is 2.63. The lowest BCUT2D eigenvalue weighted by atomic mass is 9.57. The first-order valence-electron chi connectivity index (χ1n) is 18.8. The first kappa shape index (κ1) is 29.9. The molecule has 4 aliphatic carbocycles. The number of allylic oxidation sites excluding steroid dienone is 11. The Balaban J connectivity index is 1.07. The molecule has 0 fully saturated rings. The van der Waals surface area contributed by atoms with Crippen molar-refractivity contribution in [3.05, 3.63) is 220 Å². The number of benzene rings is 4. The summed E-state index contributed by atoms with van der Waals surface area (Å²) in [6.07, 6.45) is 26.9. The number of nitrogens with zero attached hydrogens (tertiary/aromatic N) is 1. The normalized spacial score (nSPS) is 27.4. The van der Waals surface area contributed by atoms with Crippen molar-refractivity contribution in [2.75, 3.05) is 4.90 Å². The molecule has 1 spiro atoms. The van der Waals surface area contributed by atoms with Gasteiger partial charge in [0.1, 0.15) is 23.0 Å². The molecular weight excluding hydrogens is 635 g/mol. The number of rotatable bonds is 3. The lowest BCUT2D eigenvalue weighted by Gasteiger charge is -2.49. The molecule has 7 aliphatic rings. The van der Waals surface area contributed by atoms with Gasteiger partial charge in [0.2, 0.25) is 0 Å². The zero-order valence-corrected chi connectivity index (χ0v) is 29.0. The van der Waals surface area contributed by atoms with Crippen molar-refractivity contribution in [3.8, 4) is 11.5 Å². The van der Waals surface area contributed by atoms with E-state index in [1.807, 2.05) is 0 Å². The minimum Gasteiger partial charge on any atom is -0.457 e. The molecule has 252 valence electrons. The number of para-hydroxylation sites is 2. The zero-order chi connectivity index (χ0) is 34.2. The molecule has 5 unspecified atom stereocenters. The summed E-state index contributed by atoms with van der Waals surface area (Å²) >= 11 is 0. The molecule has 4 aromatic rings. The second-order valence-electron chi connectivity index (χ2n) is 15.0. The van der Waals surface area contributed by atoms with E-state index in [2.05, 4.69) is 169 Å². The van der Waals surface area contributed by atoms with Gasteiger partial charge < -0.3 is 14.4 Å². The monoisotopic (exact) mass is 673 g/mol. The Bertz CT molecular complexity index is 2390. The largest absolute Gasteiger partial charge is 0.457 e. The van der Waals surface area contributed by atoms with Crippen LogP contribution in [0.4, 0.5) is 5.69 Å². The van der Waals surface area contributed by atoms with Gasteiger partial charge in [-0.1, -0.05) is 121 Å². The number of hydrogen-bond donors (Lipinski definition) is 0. The number of hydrogen-bond acceptors (Lipinski definition) is 3. The van der Waals surface area contributed by atoms with Crippen molar-refractivity contribution in [2.24, 2.45) is 5.92 Å². The molecule has 0 radical (unpaired) electrons. The van der Waals surface area contributed by atoms with E-state index in [1.54, 1.807) is 0 Å². The Hall–Kier alpha value is -5.80. The second kappa shape index (κ2) is 11.6. The highest BCUT2D eigenvalue weighted by Gasteiger charge is 2.53. The maximum atomic E-state index is 6.85. The van der Waals surface area contributed by atoms with Gasteiger partial charge in [-0.05, 0) is 96.0 Å². The number of fused-ring (bicyclic) bond motifs is 8. The highest BCUT2D eigenvalue weighted by molar-refractivity contribution is 5.73. The van der Waals surface area contributed by atoms with E-state index < -0.39 is 5.41 Å². The summed E-state index contributed by atoms with van der Waals surface area (Å²) < 4.78 is 13.7. The Kier molecular flexibility index (Phi) is 6.67. The number of ether oxygens (including phenoxy) is 2. The van der Waals surface area contributed by atoms with Crippen LogP contribution in [0.15, 0.2) is 198 Å². The molecule has 52 heavy (non-hydrogen) atoms. The fourth-order valence-corrected chi connectivity index (χ4v) is 10.1. The van der Waals surface area contributed by atoms with Gasteiger partial charge in [-0.2, -0.15) is 0 Å². The average Bonchev–Trinajstić information content (AvgIpc) is 3.55. The summed E-state index contributed by atoms with van der Waals surface area (Å²) in [6.45, 7) is 0. The van der Waals surface area contributed by atoms with Crippen LogP contribution in [-0.4, -0.2) is 6.04 Å². The fraction of sp³-hybridized carbons (Fsp3) is 0.184. The molecule has 3 heteroatoms. The van der Waals surface area contributed by atoms with E-state index >= 15 is 0 Å². The van der Waals surface area contributed by atoms with Gasteiger partial charge in [-0.3, -0.25) is 0 Å². The molecule has 11 rings (SSSR count). The summed E-state index contributed by atoms with van der Waals surface area (Å²) in [7, 11) is 0. The maximum absolute atomic E-state index is 6.85. The fourth-order valence-electron chi connectivity index (χ4n) is 10.1. The third-order valence-corrected chi connectivity index (χ3v) is 12.4. The summed E-state index contributed by atoms with van der Waals surface area (Å²) in [4.78, 5) is 2.59. The van der Waals surface area contributed by atoms with Crippen LogP contribution in [0.2, 0.25) is 0 Å². The maximum Gasteiger partial charge on any atom is 0.132 e. The van der Waals surface area contributed by atoms with E-state index in [-0.39, 0.29) is 11.8 Å². The van der Waals surface area contributed by atoms with Crippen LogP contribution in [0.25, 0.3) is 0 Å². The third-order valence-electron chi connectivity index (χ3n) is 12.4. The van der Waals surface area contributed by atoms with Crippen LogP contribution >= 0.6 is 0 Å². The molecule has 0 aromatic heterocycles. The molecule has 0 saturated heterocycles. The van der Waals surface area contributed by atoms with Crippen molar-refractivity contribution in [2.45, 2.75) is 49.0 Å². The molecule has 5 atom stereocenters. The topological polar surface area (TPSA) is 21.7 Å². The SMILES string of the molecule is C1=CC2C3=C(CC(c4ccc5c(c4)C4(C6=C(C=CCC6)OC6=C4CC(c4ccccc4)C=C6)c4ccccc4O5)C=C3)N(c3ccccc3)C2C=C1. The molecule has 0 N–H and O–H groups in total. The van der Waals surface area contributed by atoms with E-state index in [0.29, 0.717) is 12.0 Å². The Morgan fingerprint density at radius 3 is 2.25 bits per heavy atom. The standard InChI is InChI=1S/C49H39NO2/c1-3-13-32(14-4-1)33-24-27-47-41(29-33)49(39-18-8-11-21-45(39)51-47)40-19-9-12-22-46(40)52-48-28-25-34(30-42(48)49)35-23-26-38-37-17-7-10-20-43(37)50(44(38)31-35)36-15-5-2-6-16-36/h1-7,9-17,19-28,30,33,35,37,43H,8,18,29,31H2. The van der Waals surface area contributed by atoms with Gasteiger partial charge in [-0.25, -0.2) is 0 Å². The van der Waals surface area contributed by atoms with Crippen molar-refractivity contribution in [3.63, 3.8) is 0 Å². The lowest BCUT2D eigenvalue weighted by molar-refractivity contribution is 0.280. The van der Waals surface area contributed by atoms with Gasteiger partial charge >= 0.3 is 0 Å². The number of anilines is 1. The first-order chi connectivity index (χ1) is 25.8. The Morgan fingerprint density at radius 1 is 0.596 bits per heavy atom. The zero-order valence-electron chi connectivity index (χ0n) is 29.0. The van der Waals surface area contributed by atoms with Crippen molar-refractivity contribution in [1.82, 2.24) is 0 Å². The molecule has 3 nitrogen and oxygen atoms in total. The quantitative estimate of drug-likeness (QED) is 0.216. The molecular formula is C49H39NO2. The van der Waals surface area contributed by atoms with Crippen LogP contribution in [0, 0.1) is 5.92 Å². The average molecular weight is 674 g/mol. The van der Waals surface area contributed by atoms with E-state index in [9.17, 15) is 0 Å². The molecule has 0 amide bonds.